The van der Waals surface area contributed by atoms with E-state index in [2.05, 4.69) is 29.6 Å². The first-order valence-corrected chi connectivity index (χ1v) is 13.0. The number of aliphatic hydroxyl groups excluding tert-OH is 1. The molecule has 0 aliphatic rings. The van der Waals surface area contributed by atoms with Crippen LogP contribution >= 0.6 is 0 Å². The first-order valence-electron chi connectivity index (χ1n) is 13.0. The van der Waals surface area contributed by atoms with Gasteiger partial charge in [0.15, 0.2) is 0 Å². The van der Waals surface area contributed by atoms with Crippen LogP contribution in [-0.4, -0.2) is 42.7 Å². The SMILES string of the molecule is O=C(CC(c1ccccc1)c1ccccc1)OCCCCCCNCC(O)c1ccccc1.O=C([O-])C(=O)[O-]. The quantitative estimate of drug-likeness (QED) is 0.183. The number of hydrogen-bond acceptors (Lipinski definition) is 8. The largest absolute Gasteiger partial charge is 0.543 e. The van der Waals surface area contributed by atoms with E-state index in [1.54, 1.807) is 0 Å². The molecule has 208 valence electrons. The molecule has 0 bridgehead atoms. The zero-order valence-corrected chi connectivity index (χ0v) is 21.9. The van der Waals surface area contributed by atoms with E-state index in [0.29, 0.717) is 19.6 Å². The van der Waals surface area contributed by atoms with E-state index < -0.39 is 18.0 Å². The van der Waals surface area contributed by atoms with Gasteiger partial charge in [0.05, 0.1) is 31.1 Å². The molecule has 0 aromatic heterocycles. The van der Waals surface area contributed by atoms with Gasteiger partial charge in [-0.3, -0.25) is 4.79 Å². The minimum atomic E-state index is -2.19. The minimum absolute atomic E-state index is 0.0113. The third-order valence-corrected chi connectivity index (χ3v) is 5.97. The molecule has 0 fully saturated rings. The van der Waals surface area contributed by atoms with Crippen molar-refractivity contribution in [1.29, 1.82) is 0 Å². The number of carbonyl (C=O) groups excluding carboxylic acids is 3. The minimum Gasteiger partial charge on any atom is -0.543 e. The van der Waals surface area contributed by atoms with Gasteiger partial charge in [-0.2, -0.15) is 0 Å². The lowest BCUT2D eigenvalue weighted by Gasteiger charge is -2.17. The van der Waals surface area contributed by atoms with Crippen LogP contribution in [0, 0.1) is 0 Å². The molecule has 0 aliphatic carbocycles. The molecule has 3 aromatic carbocycles. The number of rotatable bonds is 14. The van der Waals surface area contributed by atoms with E-state index in [9.17, 15) is 9.90 Å². The molecule has 1 atom stereocenters. The Morgan fingerprint density at radius 2 is 1.15 bits per heavy atom. The van der Waals surface area contributed by atoms with Gasteiger partial charge in [-0.1, -0.05) is 104 Å². The number of hydrogen-bond donors (Lipinski definition) is 2. The number of benzene rings is 3. The van der Waals surface area contributed by atoms with Crippen molar-refractivity contribution in [2.24, 2.45) is 0 Å². The monoisotopic (exact) mass is 533 g/mol. The van der Waals surface area contributed by atoms with Crippen molar-refractivity contribution in [2.45, 2.75) is 44.1 Å². The molecule has 3 aromatic rings. The Balaban J connectivity index is 0.000000798. The van der Waals surface area contributed by atoms with E-state index in [0.717, 1.165) is 48.9 Å². The molecule has 0 saturated heterocycles. The van der Waals surface area contributed by atoms with Gasteiger partial charge in [-0.15, -0.1) is 0 Å². The Kier molecular flexibility index (Phi) is 14.6. The van der Waals surface area contributed by atoms with Crippen LogP contribution in [0.2, 0.25) is 0 Å². The average molecular weight is 534 g/mol. The second kappa shape index (κ2) is 18.3. The molecule has 39 heavy (non-hydrogen) atoms. The third kappa shape index (κ3) is 12.9. The van der Waals surface area contributed by atoms with Crippen molar-refractivity contribution in [2.75, 3.05) is 19.7 Å². The van der Waals surface area contributed by atoms with Crippen molar-refractivity contribution >= 4 is 17.9 Å². The highest BCUT2D eigenvalue weighted by Gasteiger charge is 2.18. The molecular formula is C31H35NO7-2. The Labute approximate surface area is 229 Å². The molecule has 0 saturated carbocycles. The summed E-state index contributed by atoms with van der Waals surface area (Å²) in [6.45, 7) is 1.90. The van der Waals surface area contributed by atoms with E-state index in [-0.39, 0.29) is 11.9 Å². The highest BCUT2D eigenvalue weighted by molar-refractivity contribution is 6.25. The van der Waals surface area contributed by atoms with Crippen molar-refractivity contribution in [1.82, 2.24) is 5.32 Å². The Morgan fingerprint density at radius 3 is 1.64 bits per heavy atom. The lowest BCUT2D eigenvalue weighted by molar-refractivity contribution is -0.345. The zero-order chi connectivity index (χ0) is 28.3. The summed E-state index contributed by atoms with van der Waals surface area (Å²) in [6.07, 6.45) is 3.89. The van der Waals surface area contributed by atoms with Gasteiger partial charge in [0.2, 0.25) is 0 Å². The Morgan fingerprint density at radius 1 is 0.692 bits per heavy atom. The number of carboxylic acid groups (broad SMARTS) is 2. The fourth-order valence-electron chi connectivity index (χ4n) is 3.95. The predicted octanol–water partition coefficient (Wildman–Crippen LogP) is 2.12. The molecule has 8 heteroatoms. The fraction of sp³-hybridized carbons (Fsp3) is 0.323. The van der Waals surface area contributed by atoms with E-state index in [1.807, 2.05) is 66.7 Å². The number of unbranched alkanes of at least 4 members (excludes halogenated alkanes) is 3. The van der Waals surface area contributed by atoms with E-state index in [4.69, 9.17) is 24.5 Å². The highest BCUT2D eigenvalue weighted by atomic mass is 16.5. The summed E-state index contributed by atoms with van der Waals surface area (Å²) in [4.78, 5) is 30.4. The van der Waals surface area contributed by atoms with Gasteiger partial charge >= 0.3 is 5.97 Å². The van der Waals surface area contributed by atoms with Crippen LogP contribution in [0.25, 0.3) is 0 Å². The summed E-state index contributed by atoms with van der Waals surface area (Å²) in [5.41, 5.74) is 3.20. The lowest BCUT2D eigenvalue weighted by Crippen LogP contribution is -2.42. The molecule has 0 spiro atoms. The standard InChI is InChI=1S/C29H35NO3.C2H2O4/c31-28(26-18-10-5-11-19-26)23-30-20-12-1-2-13-21-33-29(32)22-27(24-14-6-3-7-15-24)25-16-8-4-9-17-25;3-1(4)2(5)6/h3-11,14-19,27-28,30-31H,1-2,12-13,20-23H2;(H,3,4)(H,5,6)/p-2. The molecule has 8 nitrogen and oxygen atoms in total. The van der Waals surface area contributed by atoms with Gasteiger partial charge in [0.25, 0.3) is 0 Å². The van der Waals surface area contributed by atoms with Gasteiger partial charge in [0, 0.05) is 12.5 Å². The normalized spacial score (nSPS) is 11.2. The Bertz CT molecular complexity index is 1060. The predicted molar refractivity (Wildman–Crippen MR) is 143 cm³/mol. The van der Waals surface area contributed by atoms with Crippen LogP contribution in [-0.2, 0) is 19.1 Å². The molecular weight excluding hydrogens is 498 g/mol. The van der Waals surface area contributed by atoms with Gasteiger partial charge < -0.3 is 35.0 Å². The number of nitrogens with one attached hydrogen (secondary N) is 1. The summed E-state index contributed by atoms with van der Waals surface area (Å²) in [6, 6.07) is 30.0. The van der Waals surface area contributed by atoms with Crippen molar-refractivity contribution in [3.8, 4) is 0 Å². The second-order valence-electron chi connectivity index (χ2n) is 8.92. The maximum absolute atomic E-state index is 12.5. The molecule has 0 aliphatic heterocycles. The molecule has 0 amide bonds. The maximum atomic E-state index is 12.5. The fourth-order valence-corrected chi connectivity index (χ4v) is 3.95. The van der Waals surface area contributed by atoms with Gasteiger partial charge in [-0.05, 0) is 36.1 Å². The van der Waals surface area contributed by atoms with Gasteiger partial charge in [-0.25, -0.2) is 0 Å². The van der Waals surface area contributed by atoms with Crippen LogP contribution in [0.5, 0.6) is 0 Å². The summed E-state index contributed by atoms with van der Waals surface area (Å²) in [7, 11) is 0. The van der Waals surface area contributed by atoms with Crippen LogP contribution in [0.4, 0.5) is 0 Å². The van der Waals surface area contributed by atoms with E-state index in [1.165, 1.54) is 0 Å². The number of aliphatic hydroxyl groups is 1. The smallest absolute Gasteiger partial charge is 0.306 e. The summed E-state index contributed by atoms with van der Waals surface area (Å²) in [5.74, 6) is -4.51. The summed E-state index contributed by atoms with van der Waals surface area (Å²) >= 11 is 0. The maximum Gasteiger partial charge on any atom is 0.306 e. The second-order valence-corrected chi connectivity index (χ2v) is 8.92. The zero-order valence-electron chi connectivity index (χ0n) is 21.9. The topological polar surface area (TPSA) is 139 Å². The Hall–Kier alpha value is -4.01. The lowest BCUT2D eigenvalue weighted by atomic mass is 9.89. The first kappa shape index (κ1) is 31.2. The number of carboxylic acids is 2. The molecule has 1 unspecified atom stereocenters. The van der Waals surface area contributed by atoms with E-state index >= 15 is 0 Å². The van der Waals surface area contributed by atoms with Crippen LogP contribution in [0.15, 0.2) is 91.0 Å². The van der Waals surface area contributed by atoms with Crippen molar-refractivity contribution in [3.63, 3.8) is 0 Å². The first-order chi connectivity index (χ1) is 18.9. The van der Waals surface area contributed by atoms with Crippen LogP contribution < -0.4 is 15.5 Å². The summed E-state index contributed by atoms with van der Waals surface area (Å²) in [5, 5.41) is 31.3. The highest BCUT2D eigenvalue weighted by Crippen LogP contribution is 2.28. The molecule has 3 rings (SSSR count). The number of carbonyl (C=O) groups is 3. The van der Waals surface area contributed by atoms with Crippen LogP contribution in [0.3, 0.4) is 0 Å². The van der Waals surface area contributed by atoms with Crippen LogP contribution in [0.1, 0.15) is 60.8 Å². The number of ether oxygens (including phenoxy) is 1. The summed E-state index contributed by atoms with van der Waals surface area (Å²) < 4.78 is 5.54. The van der Waals surface area contributed by atoms with Crippen molar-refractivity contribution < 1.29 is 34.4 Å². The molecule has 2 N–H and O–H groups in total. The number of esters is 1. The molecule has 0 heterocycles. The van der Waals surface area contributed by atoms with Crippen molar-refractivity contribution in [3.05, 3.63) is 108 Å². The third-order valence-electron chi connectivity index (χ3n) is 5.97. The van der Waals surface area contributed by atoms with Gasteiger partial charge in [0.1, 0.15) is 0 Å². The number of aliphatic carboxylic acids is 2. The average Bonchev–Trinajstić information content (AvgIpc) is 2.96. The molecule has 0 radical (unpaired) electrons.